The Morgan fingerprint density at radius 2 is 1.82 bits per heavy atom. The lowest BCUT2D eigenvalue weighted by Crippen LogP contribution is -2.13. The van der Waals surface area contributed by atoms with Gasteiger partial charge in [-0.1, -0.05) is 26.7 Å². The molecule has 64 valence electrons. The van der Waals surface area contributed by atoms with Gasteiger partial charge in [0.1, 0.15) is 0 Å². The molecule has 0 saturated heterocycles. The lowest BCUT2D eigenvalue weighted by molar-refractivity contribution is -0.113. The maximum absolute atomic E-state index is 11.0. The number of carbonyl (C=O) groups is 1. The van der Waals surface area contributed by atoms with Crippen LogP contribution in [0, 0.1) is 11.3 Å². The van der Waals surface area contributed by atoms with Gasteiger partial charge in [-0.3, -0.25) is 4.79 Å². The first-order valence-electron chi connectivity index (χ1n) is 4.20. The largest absolute Gasteiger partial charge is 0.302 e. The van der Waals surface area contributed by atoms with Crippen molar-refractivity contribution in [3.05, 3.63) is 0 Å². The minimum atomic E-state index is -0.00120. The van der Waals surface area contributed by atoms with Crippen molar-refractivity contribution in [3.8, 4) is 0 Å². The molecule has 2 heteroatoms. The van der Waals surface area contributed by atoms with Gasteiger partial charge < -0.3 is 5.41 Å². The van der Waals surface area contributed by atoms with Crippen molar-refractivity contribution in [1.82, 2.24) is 0 Å². The zero-order valence-corrected chi connectivity index (χ0v) is 7.61. The molecule has 1 N–H and O–H groups in total. The molecule has 0 aliphatic carbocycles. The Labute approximate surface area is 68.5 Å². The van der Waals surface area contributed by atoms with Gasteiger partial charge in [0.05, 0.1) is 5.71 Å². The Hall–Kier alpha value is -0.660. The van der Waals surface area contributed by atoms with Crippen LogP contribution in [0.5, 0.6) is 0 Å². The smallest absolute Gasteiger partial charge is 0.176 e. The van der Waals surface area contributed by atoms with Gasteiger partial charge in [-0.2, -0.15) is 0 Å². The molecule has 0 aromatic heterocycles. The van der Waals surface area contributed by atoms with E-state index in [-0.39, 0.29) is 11.5 Å². The first kappa shape index (κ1) is 10.3. The van der Waals surface area contributed by atoms with E-state index in [0.29, 0.717) is 12.3 Å². The van der Waals surface area contributed by atoms with Crippen molar-refractivity contribution < 1.29 is 4.79 Å². The van der Waals surface area contributed by atoms with E-state index in [9.17, 15) is 4.79 Å². The van der Waals surface area contributed by atoms with Crippen molar-refractivity contribution in [2.75, 3.05) is 0 Å². The van der Waals surface area contributed by atoms with Crippen LogP contribution in [0.4, 0.5) is 0 Å². The fraction of sp³-hybridized carbons (Fsp3) is 0.778. The molecule has 0 saturated carbocycles. The second-order valence-electron chi connectivity index (χ2n) is 2.93. The molecule has 0 spiro atoms. The summed E-state index contributed by atoms with van der Waals surface area (Å²) in [7, 11) is 0. The number of Topliss-reactive ketones (excluding diaryl/α,β-unsaturated/α-hetero) is 1. The highest BCUT2D eigenvalue weighted by Crippen LogP contribution is 2.12. The third-order valence-corrected chi connectivity index (χ3v) is 2.05. The highest BCUT2D eigenvalue weighted by molar-refractivity contribution is 6.37. The first-order chi connectivity index (χ1) is 5.11. The van der Waals surface area contributed by atoms with Gasteiger partial charge in [0, 0.05) is 6.42 Å². The van der Waals surface area contributed by atoms with Crippen LogP contribution in [0.25, 0.3) is 0 Å². The topological polar surface area (TPSA) is 40.9 Å². The molecule has 0 aliphatic rings. The standard InChI is InChI=1S/C9H17NO/c1-4-8(5-2)6-9(11)7(3)10/h8,10H,4-6H2,1-3H3. The van der Waals surface area contributed by atoms with E-state index < -0.39 is 0 Å². The molecule has 0 radical (unpaired) electrons. The van der Waals surface area contributed by atoms with Crippen LogP contribution in [0.1, 0.15) is 40.0 Å². The SMILES string of the molecule is CCC(CC)CC(=O)C(C)=N. The molecule has 0 rings (SSSR count). The summed E-state index contributed by atoms with van der Waals surface area (Å²) in [6.45, 7) is 5.73. The average molecular weight is 155 g/mol. The van der Waals surface area contributed by atoms with Crippen LogP contribution in [0.15, 0.2) is 0 Å². The number of ketones is 1. The number of nitrogens with one attached hydrogen (secondary N) is 1. The molecule has 2 nitrogen and oxygen atoms in total. The minimum Gasteiger partial charge on any atom is -0.302 e. The Morgan fingerprint density at radius 3 is 2.09 bits per heavy atom. The van der Waals surface area contributed by atoms with Crippen LogP contribution < -0.4 is 0 Å². The van der Waals surface area contributed by atoms with Gasteiger partial charge >= 0.3 is 0 Å². The van der Waals surface area contributed by atoms with Crippen LogP contribution in [0.3, 0.4) is 0 Å². The van der Waals surface area contributed by atoms with Gasteiger partial charge in [0.25, 0.3) is 0 Å². The maximum Gasteiger partial charge on any atom is 0.176 e. The summed E-state index contributed by atoms with van der Waals surface area (Å²) in [5.74, 6) is 0.474. The van der Waals surface area contributed by atoms with E-state index in [1.807, 2.05) is 0 Å². The molecule has 0 amide bonds. The number of carbonyl (C=O) groups excluding carboxylic acids is 1. The highest BCUT2D eigenvalue weighted by atomic mass is 16.1. The van der Waals surface area contributed by atoms with Crippen molar-refractivity contribution in [3.63, 3.8) is 0 Å². The Morgan fingerprint density at radius 1 is 1.36 bits per heavy atom. The van der Waals surface area contributed by atoms with Crippen LogP contribution in [0.2, 0.25) is 0 Å². The number of hydrogen-bond donors (Lipinski definition) is 1. The van der Waals surface area contributed by atoms with E-state index in [1.54, 1.807) is 6.92 Å². The van der Waals surface area contributed by atoms with Gasteiger partial charge in [-0.25, -0.2) is 0 Å². The summed E-state index contributed by atoms with van der Waals surface area (Å²) in [5, 5.41) is 7.09. The normalized spacial score (nSPS) is 10.2. The van der Waals surface area contributed by atoms with E-state index in [2.05, 4.69) is 13.8 Å². The number of hydrogen-bond acceptors (Lipinski definition) is 2. The minimum absolute atomic E-state index is 0.00120. The highest BCUT2D eigenvalue weighted by Gasteiger charge is 2.10. The first-order valence-corrected chi connectivity index (χ1v) is 4.20. The number of rotatable bonds is 5. The van der Waals surface area contributed by atoms with E-state index in [1.165, 1.54) is 0 Å². The van der Waals surface area contributed by atoms with Gasteiger partial charge in [-0.15, -0.1) is 0 Å². The Balaban J connectivity index is 3.81. The lowest BCUT2D eigenvalue weighted by Gasteiger charge is -2.09. The molecular weight excluding hydrogens is 138 g/mol. The van der Waals surface area contributed by atoms with E-state index >= 15 is 0 Å². The summed E-state index contributed by atoms with van der Waals surface area (Å²) in [5.41, 5.74) is 0.192. The van der Waals surface area contributed by atoms with Crippen LogP contribution in [-0.2, 0) is 4.79 Å². The fourth-order valence-corrected chi connectivity index (χ4v) is 0.993. The molecular formula is C9H17NO. The predicted octanol–water partition coefficient (Wildman–Crippen LogP) is 2.42. The van der Waals surface area contributed by atoms with Gasteiger partial charge in [0.2, 0.25) is 0 Å². The summed E-state index contributed by atoms with van der Waals surface area (Å²) in [6, 6.07) is 0. The van der Waals surface area contributed by atoms with Gasteiger partial charge in [-0.05, 0) is 12.8 Å². The zero-order valence-electron chi connectivity index (χ0n) is 7.61. The molecule has 0 aromatic rings. The molecule has 0 fully saturated rings. The molecule has 0 aliphatic heterocycles. The van der Waals surface area contributed by atoms with Crippen molar-refractivity contribution in [2.24, 2.45) is 5.92 Å². The van der Waals surface area contributed by atoms with E-state index in [4.69, 9.17) is 5.41 Å². The second kappa shape index (κ2) is 5.05. The third kappa shape index (κ3) is 3.91. The van der Waals surface area contributed by atoms with Crippen molar-refractivity contribution >= 4 is 11.5 Å². The average Bonchev–Trinajstić information content (AvgIpc) is 1.99. The summed E-state index contributed by atoms with van der Waals surface area (Å²) >= 11 is 0. The summed E-state index contributed by atoms with van der Waals surface area (Å²) in [6.07, 6.45) is 2.63. The quantitative estimate of drug-likeness (QED) is 0.608. The second-order valence-corrected chi connectivity index (χ2v) is 2.93. The Kier molecular flexibility index (Phi) is 4.75. The fourth-order valence-electron chi connectivity index (χ4n) is 0.993. The predicted molar refractivity (Wildman–Crippen MR) is 47.1 cm³/mol. The molecule has 0 unspecified atom stereocenters. The Bertz CT molecular complexity index is 148. The van der Waals surface area contributed by atoms with Crippen molar-refractivity contribution in [1.29, 1.82) is 5.41 Å². The third-order valence-electron chi connectivity index (χ3n) is 2.05. The van der Waals surface area contributed by atoms with Crippen LogP contribution >= 0.6 is 0 Å². The summed E-state index contributed by atoms with van der Waals surface area (Å²) < 4.78 is 0. The van der Waals surface area contributed by atoms with Gasteiger partial charge in [0.15, 0.2) is 5.78 Å². The maximum atomic E-state index is 11.0. The van der Waals surface area contributed by atoms with Crippen molar-refractivity contribution in [2.45, 2.75) is 40.0 Å². The van der Waals surface area contributed by atoms with Crippen LogP contribution in [-0.4, -0.2) is 11.5 Å². The molecule has 11 heavy (non-hydrogen) atoms. The molecule has 0 bridgehead atoms. The lowest BCUT2D eigenvalue weighted by atomic mass is 9.96. The zero-order chi connectivity index (χ0) is 8.85. The molecule has 0 heterocycles. The molecule has 0 aromatic carbocycles. The van der Waals surface area contributed by atoms with E-state index in [0.717, 1.165) is 12.8 Å². The summed E-state index contributed by atoms with van der Waals surface area (Å²) in [4.78, 5) is 11.0. The molecule has 0 atom stereocenters. The monoisotopic (exact) mass is 155 g/mol.